The van der Waals surface area contributed by atoms with Crippen molar-refractivity contribution >= 4 is 0 Å². The van der Waals surface area contributed by atoms with Crippen molar-refractivity contribution in [1.29, 1.82) is 0 Å². The van der Waals surface area contributed by atoms with Gasteiger partial charge in [-0.05, 0) is 55.9 Å². The van der Waals surface area contributed by atoms with Crippen molar-refractivity contribution in [3.05, 3.63) is 34.4 Å². The first-order valence-corrected chi connectivity index (χ1v) is 6.72. The molecule has 1 N–H and O–H groups in total. The highest BCUT2D eigenvalue weighted by atomic mass is 16.5. The van der Waals surface area contributed by atoms with E-state index in [1.54, 1.807) is 7.11 Å². The van der Waals surface area contributed by atoms with Crippen molar-refractivity contribution < 1.29 is 9.84 Å². The number of hydrogen-bond donors (Lipinski definition) is 1. The first kappa shape index (κ1) is 15.2. The lowest BCUT2D eigenvalue weighted by molar-refractivity contribution is -0.110. The molecule has 0 heterocycles. The van der Waals surface area contributed by atoms with Crippen LogP contribution in [0, 0.1) is 20.8 Å². The molecule has 1 unspecified atom stereocenters. The molecule has 0 bridgehead atoms. The van der Waals surface area contributed by atoms with Crippen molar-refractivity contribution in [2.75, 3.05) is 7.11 Å². The maximum atomic E-state index is 10.7. The van der Waals surface area contributed by atoms with Crippen LogP contribution < -0.4 is 0 Å². The van der Waals surface area contributed by atoms with Crippen LogP contribution in [-0.2, 0) is 4.74 Å². The number of benzene rings is 1. The quantitative estimate of drug-likeness (QED) is 0.860. The van der Waals surface area contributed by atoms with Gasteiger partial charge in [-0.25, -0.2) is 0 Å². The van der Waals surface area contributed by atoms with E-state index in [9.17, 15) is 5.11 Å². The molecule has 1 atom stereocenters. The Morgan fingerprint density at radius 2 is 1.56 bits per heavy atom. The molecule has 0 saturated heterocycles. The van der Waals surface area contributed by atoms with Crippen LogP contribution in [0.15, 0.2) is 12.1 Å². The minimum Gasteiger partial charge on any atom is -0.385 e. The van der Waals surface area contributed by atoms with Crippen LogP contribution in [0.3, 0.4) is 0 Å². The monoisotopic (exact) mass is 250 g/mol. The third kappa shape index (κ3) is 2.60. The van der Waals surface area contributed by atoms with E-state index in [0.29, 0.717) is 0 Å². The number of aliphatic hydroxyl groups excluding tert-OH is 1. The number of rotatable bonds is 5. The highest BCUT2D eigenvalue weighted by Crippen LogP contribution is 2.36. The van der Waals surface area contributed by atoms with Gasteiger partial charge in [0.15, 0.2) is 0 Å². The summed E-state index contributed by atoms with van der Waals surface area (Å²) in [5.74, 6) is 0. The standard InChI is InChI=1S/C16H26O2/c1-7-16(8-2,18-6)15(17)14-10-12(4)11(3)9-13(14)5/h9-10,15,17H,7-8H2,1-6H3. The minimum atomic E-state index is -0.572. The molecule has 0 radical (unpaired) electrons. The maximum Gasteiger partial charge on any atom is 0.108 e. The summed E-state index contributed by atoms with van der Waals surface area (Å²) in [6.45, 7) is 10.4. The molecule has 0 aliphatic carbocycles. The molecule has 0 aliphatic heterocycles. The number of aliphatic hydroxyl groups is 1. The van der Waals surface area contributed by atoms with E-state index in [1.165, 1.54) is 11.1 Å². The van der Waals surface area contributed by atoms with Gasteiger partial charge in [-0.1, -0.05) is 26.0 Å². The second-order valence-electron chi connectivity index (χ2n) is 5.17. The molecule has 2 heteroatoms. The Balaban J connectivity index is 3.25. The third-order valence-electron chi connectivity index (χ3n) is 4.28. The minimum absolute atomic E-state index is 0.480. The summed E-state index contributed by atoms with van der Waals surface area (Å²) in [6.07, 6.45) is 1.03. The Hall–Kier alpha value is -0.860. The van der Waals surface area contributed by atoms with E-state index in [4.69, 9.17) is 4.74 Å². The van der Waals surface area contributed by atoms with Gasteiger partial charge in [0.2, 0.25) is 0 Å². The summed E-state index contributed by atoms with van der Waals surface area (Å²) >= 11 is 0. The van der Waals surface area contributed by atoms with Gasteiger partial charge >= 0.3 is 0 Å². The molecule has 18 heavy (non-hydrogen) atoms. The van der Waals surface area contributed by atoms with E-state index in [2.05, 4.69) is 46.8 Å². The molecule has 1 aromatic carbocycles. The molecule has 0 aliphatic rings. The lowest BCUT2D eigenvalue weighted by Gasteiger charge is -2.36. The molecule has 0 aromatic heterocycles. The molecule has 0 saturated carbocycles. The topological polar surface area (TPSA) is 29.5 Å². The van der Waals surface area contributed by atoms with Gasteiger partial charge in [0.25, 0.3) is 0 Å². The van der Waals surface area contributed by atoms with Crippen molar-refractivity contribution in [3.63, 3.8) is 0 Å². The smallest absolute Gasteiger partial charge is 0.108 e. The molecule has 0 fully saturated rings. The van der Waals surface area contributed by atoms with Crippen LogP contribution in [0.5, 0.6) is 0 Å². The lowest BCUT2D eigenvalue weighted by atomic mass is 9.83. The second kappa shape index (κ2) is 5.85. The fourth-order valence-electron chi connectivity index (χ4n) is 2.60. The first-order chi connectivity index (χ1) is 8.41. The Morgan fingerprint density at radius 1 is 1.06 bits per heavy atom. The fourth-order valence-corrected chi connectivity index (χ4v) is 2.60. The predicted octanol–water partition coefficient (Wildman–Crippen LogP) is 3.85. The molecule has 0 spiro atoms. The van der Waals surface area contributed by atoms with Crippen molar-refractivity contribution in [2.24, 2.45) is 0 Å². The number of hydrogen-bond acceptors (Lipinski definition) is 2. The van der Waals surface area contributed by atoms with Crippen LogP contribution in [0.2, 0.25) is 0 Å². The van der Waals surface area contributed by atoms with Gasteiger partial charge in [0.05, 0.1) is 5.60 Å². The zero-order chi connectivity index (χ0) is 13.9. The van der Waals surface area contributed by atoms with Gasteiger partial charge in [0.1, 0.15) is 6.10 Å². The van der Waals surface area contributed by atoms with E-state index < -0.39 is 11.7 Å². The number of methoxy groups -OCH3 is 1. The lowest BCUT2D eigenvalue weighted by Crippen LogP contribution is -2.37. The summed E-state index contributed by atoms with van der Waals surface area (Å²) < 4.78 is 5.63. The van der Waals surface area contributed by atoms with Crippen LogP contribution in [0.1, 0.15) is 55.0 Å². The summed E-state index contributed by atoms with van der Waals surface area (Å²) in [6, 6.07) is 4.23. The molecule has 1 aromatic rings. The van der Waals surface area contributed by atoms with Crippen LogP contribution in [0.4, 0.5) is 0 Å². The van der Waals surface area contributed by atoms with Crippen molar-refractivity contribution in [3.8, 4) is 0 Å². The molecule has 0 amide bonds. The van der Waals surface area contributed by atoms with E-state index in [1.807, 2.05) is 0 Å². The van der Waals surface area contributed by atoms with Gasteiger partial charge < -0.3 is 9.84 Å². The first-order valence-electron chi connectivity index (χ1n) is 6.72. The zero-order valence-corrected chi connectivity index (χ0v) is 12.5. The van der Waals surface area contributed by atoms with Gasteiger partial charge in [0, 0.05) is 7.11 Å². The van der Waals surface area contributed by atoms with Crippen LogP contribution >= 0.6 is 0 Å². The molecular weight excluding hydrogens is 224 g/mol. The number of aryl methyl sites for hydroxylation is 3. The van der Waals surface area contributed by atoms with E-state index in [-0.39, 0.29) is 0 Å². The Bertz CT molecular complexity index is 398. The summed E-state index contributed by atoms with van der Waals surface area (Å²) in [4.78, 5) is 0. The Morgan fingerprint density at radius 3 is 2.00 bits per heavy atom. The van der Waals surface area contributed by atoms with Gasteiger partial charge in [-0.2, -0.15) is 0 Å². The van der Waals surface area contributed by atoms with Gasteiger partial charge in [-0.3, -0.25) is 0 Å². The summed E-state index contributed by atoms with van der Waals surface area (Å²) in [5.41, 5.74) is 4.12. The molecular formula is C16H26O2. The van der Waals surface area contributed by atoms with E-state index >= 15 is 0 Å². The normalized spacial score (nSPS) is 13.7. The van der Waals surface area contributed by atoms with Crippen molar-refractivity contribution in [1.82, 2.24) is 0 Å². The molecule has 1 rings (SSSR count). The largest absolute Gasteiger partial charge is 0.385 e. The third-order valence-corrected chi connectivity index (χ3v) is 4.28. The van der Waals surface area contributed by atoms with Gasteiger partial charge in [-0.15, -0.1) is 0 Å². The van der Waals surface area contributed by atoms with Crippen molar-refractivity contribution in [2.45, 2.75) is 59.2 Å². The number of ether oxygens (including phenoxy) is 1. The zero-order valence-electron chi connectivity index (χ0n) is 12.5. The van der Waals surface area contributed by atoms with Crippen LogP contribution in [-0.4, -0.2) is 17.8 Å². The fraction of sp³-hybridized carbons (Fsp3) is 0.625. The van der Waals surface area contributed by atoms with Crippen LogP contribution in [0.25, 0.3) is 0 Å². The average Bonchev–Trinajstić information content (AvgIpc) is 2.36. The summed E-state index contributed by atoms with van der Waals surface area (Å²) in [7, 11) is 1.69. The molecule has 102 valence electrons. The predicted molar refractivity (Wildman–Crippen MR) is 75.9 cm³/mol. The Kier molecular flexibility index (Phi) is 4.94. The molecule has 2 nitrogen and oxygen atoms in total. The van der Waals surface area contributed by atoms with E-state index in [0.717, 1.165) is 24.0 Å². The Labute approximate surface area is 111 Å². The second-order valence-corrected chi connectivity index (χ2v) is 5.17. The average molecular weight is 250 g/mol. The SMILES string of the molecule is CCC(CC)(OC)C(O)c1cc(C)c(C)cc1C. The summed E-state index contributed by atoms with van der Waals surface area (Å²) in [5, 5.41) is 10.7. The highest BCUT2D eigenvalue weighted by Gasteiger charge is 2.36. The maximum absolute atomic E-state index is 10.7. The highest BCUT2D eigenvalue weighted by molar-refractivity contribution is 5.38.